The third-order valence-corrected chi connectivity index (χ3v) is 4.33. The number of morpholine rings is 1. The summed E-state index contributed by atoms with van der Waals surface area (Å²) in [5.74, 6) is 1.52. The molecule has 0 spiro atoms. The molecular formula is C17H25N3O4. The number of ether oxygens (including phenoxy) is 3. The van der Waals surface area contributed by atoms with Crippen molar-refractivity contribution in [2.24, 2.45) is 0 Å². The molecule has 1 saturated heterocycles. The molecule has 2 aliphatic rings. The van der Waals surface area contributed by atoms with Crippen molar-refractivity contribution < 1.29 is 19.0 Å². The Balaban J connectivity index is 1.42. The Morgan fingerprint density at radius 2 is 2.21 bits per heavy atom. The average molecular weight is 335 g/mol. The van der Waals surface area contributed by atoms with E-state index in [4.69, 9.17) is 14.2 Å². The maximum absolute atomic E-state index is 12.0. The summed E-state index contributed by atoms with van der Waals surface area (Å²) in [5, 5.41) is 5.89. The Morgan fingerprint density at radius 1 is 1.38 bits per heavy atom. The van der Waals surface area contributed by atoms with Gasteiger partial charge in [-0.2, -0.15) is 0 Å². The van der Waals surface area contributed by atoms with Crippen molar-refractivity contribution in [2.75, 3.05) is 53.1 Å². The van der Waals surface area contributed by atoms with Crippen LogP contribution in [-0.4, -0.2) is 70.1 Å². The van der Waals surface area contributed by atoms with Gasteiger partial charge in [0.05, 0.1) is 26.4 Å². The smallest absolute Gasteiger partial charge is 0.315 e. The number of benzene rings is 1. The fraction of sp³-hybridized carbons (Fsp3) is 0.588. The number of nitrogens with zero attached hydrogens (tertiary/aromatic N) is 1. The van der Waals surface area contributed by atoms with Gasteiger partial charge in [-0.3, -0.25) is 4.90 Å². The minimum Gasteiger partial charge on any atom is -0.493 e. The topological polar surface area (TPSA) is 72.1 Å². The summed E-state index contributed by atoms with van der Waals surface area (Å²) in [6.07, 6.45) is 0.740. The van der Waals surface area contributed by atoms with Crippen LogP contribution >= 0.6 is 0 Å². The maximum Gasteiger partial charge on any atom is 0.315 e. The molecule has 0 aliphatic carbocycles. The zero-order valence-corrected chi connectivity index (χ0v) is 14.0. The van der Waals surface area contributed by atoms with Crippen LogP contribution in [-0.2, 0) is 11.2 Å². The van der Waals surface area contributed by atoms with E-state index < -0.39 is 0 Å². The molecule has 1 aromatic carbocycles. The van der Waals surface area contributed by atoms with Gasteiger partial charge in [-0.15, -0.1) is 0 Å². The summed E-state index contributed by atoms with van der Waals surface area (Å²) in [7, 11) is 1.63. The Kier molecular flexibility index (Phi) is 5.77. The van der Waals surface area contributed by atoms with E-state index in [-0.39, 0.29) is 12.1 Å². The predicted octanol–water partition coefficient (Wildman–Crippen LogP) is 0.630. The highest BCUT2D eigenvalue weighted by molar-refractivity contribution is 5.74. The molecular weight excluding hydrogens is 310 g/mol. The van der Waals surface area contributed by atoms with Crippen LogP contribution < -0.4 is 20.1 Å². The molecule has 1 atom stereocenters. The molecule has 1 aromatic rings. The normalized spacial score (nSPS) is 20.6. The van der Waals surface area contributed by atoms with Gasteiger partial charge in [0.15, 0.2) is 11.5 Å². The second-order valence-electron chi connectivity index (χ2n) is 6.01. The number of nitrogens with one attached hydrogen (secondary N) is 2. The number of carbonyl (C=O) groups is 1. The Morgan fingerprint density at radius 3 is 3.00 bits per heavy atom. The predicted molar refractivity (Wildman–Crippen MR) is 89.8 cm³/mol. The van der Waals surface area contributed by atoms with Gasteiger partial charge in [0.2, 0.25) is 0 Å². The van der Waals surface area contributed by atoms with Crippen LogP contribution in [0.15, 0.2) is 18.2 Å². The second kappa shape index (κ2) is 8.21. The second-order valence-corrected chi connectivity index (χ2v) is 6.01. The number of methoxy groups -OCH3 is 1. The molecule has 24 heavy (non-hydrogen) atoms. The molecule has 7 nitrogen and oxygen atoms in total. The number of rotatable bonds is 5. The first-order valence-corrected chi connectivity index (χ1v) is 8.39. The molecule has 2 amide bonds. The Labute approximate surface area is 142 Å². The Bertz CT molecular complexity index is 561. The van der Waals surface area contributed by atoms with Crippen molar-refractivity contribution in [3.8, 4) is 11.5 Å². The largest absolute Gasteiger partial charge is 0.493 e. The summed E-state index contributed by atoms with van der Waals surface area (Å²) < 4.78 is 16.4. The summed E-state index contributed by atoms with van der Waals surface area (Å²) in [4.78, 5) is 14.3. The van der Waals surface area contributed by atoms with Gasteiger partial charge >= 0.3 is 6.03 Å². The van der Waals surface area contributed by atoms with Crippen LogP contribution in [0.1, 0.15) is 5.56 Å². The molecule has 0 saturated carbocycles. The third kappa shape index (κ3) is 4.30. The zero-order valence-electron chi connectivity index (χ0n) is 14.0. The fourth-order valence-electron chi connectivity index (χ4n) is 3.04. The molecule has 0 aromatic heterocycles. The highest BCUT2D eigenvalue weighted by atomic mass is 16.5. The van der Waals surface area contributed by atoms with Gasteiger partial charge < -0.3 is 24.8 Å². The van der Waals surface area contributed by atoms with Gasteiger partial charge in [0.25, 0.3) is 0 Å². The summed E-state index contributed by atoms with van der Waals surface area (Å²) >= 11 is 0. The number of hydrogen-bond donors (Lipinski definition) is 2. The number of hydrogen-bond acceptors (Lipinski definition) is 5. The summed E-state index contributed by atoms with van der Waals surface area (Å²) in [6, 6.07) is 5.63. The minimum absolute atomic E-state index is 0.0343. The van der Waals surface area contributed by atoms with Crippen molar-refractivity contribution in [3.05, 3.63) is 23.8 Å². The maximum atomic E-state index is 12.0. The lowest BCUT2D eigenvalue weighted by Gasteiger charge is -2.28. The van der Waals surface area contributed by atoms with Crippen LogP contribution in [0.25, 0.3) is 0 Å². The lowest BCUT2D eigenvalue weighted by molar-refractivity contribution is 0.0387. The van der Waals surface area contributed by atoms with Crippen LogP contribution in [0.5, 0.6) is 11.5 Å². The minimum atomic E-state index is -0.150. The highest BCUT2D eigenvalue weighted by Gasteiger charge is 2.23. The van der Waals surface area contributed by atoms with E-state index in [1.165, 1.54) is 0 Å². The standard InChI is InChI=1S/C17H25N3O4/c1-22-15-4-2-3-13-11-14(12-24-16(13)15)19-17(21)18-5-6-20-7-9-23-10-8-20/h2-4,14H,5-12H2,1H3,(H2,18,19,21)/t14-/m1/s1. The average Bonchev–Trinajstić information content (AvgIpc) is 2.62. The van der Waals surface area contributed by atoms with E-state index in [2.05, 4.69) is 15.5 Å². The van der Waals surface area contributed by atoms with E-state index in [1.54, 1.807) is 7.11 Å². The van der Waals surface area contributed by atoms with E-state index in [0.717, 1.165) is 56.3 Å². The van der Waals surface area contributed by atoms with Crippen molar-refractivity contribution in [1.82, 2.24) is 15.5 Å². The van der Waals surface area contributed by atoms with Crippen LogP contribution in [0, 0.1) is 0 Å². The lowest BCUT2D eigenvalue weighted by Crippen LogP contribution is -2.49. The molecule has 3 rings (SSSR count). The highest BCUT2D eigenvalue weighted by Crippen LogP contribution is 2.34. The fourth-order valence-corrected chi connectivity index (χ4v) is 3.04. The molecule has 0 bridgehead atoms. The van der Waals surface area contributed by atoms with Gasteiger partial charge in [-0.25, -0.2) is 4.79 Å². The van der Waals surface area contributed by atoms with Gasteiger partial charge in [-0.05, 0) is 12.5 Å². The van der Waals surface area contributed by atoms with Gasteiger partial charge in [-0.1, -0.05) is 12.1 Å². The Hall–Kier alpha value is -1.99. The van der Waals surface area contributed by atoms with Crippen molar-refractivity contribution in [3.63, 3.8) is 0 Å². The first kappa shape index (κ1) is 16.9. The van der Waals surface area contributed by atoms with Crippen LogP contribution in [0.3, 0.4) is 0 Å². The number of amides is 2. The molecule has 132 valence electrons. The molecule has 0 unspecified atom stereocenters. The lowest BCUT2D eigenvalue weighted by atomic mass is 10.0. The molecule has 2 heterocycles. The zero-order chi connectivity index (χ0) is 16.8. The van der Waals surface area contributed by atoms with Crippen LogP contribution in [0.2, 0.25) is 0 Å². The molecule has 2 aliphatic heterocycles. The quantitative estimate of drug-likeness (QED) is 0.826. The SMILES string of the molecule is COc1cccc2c1OC[C@H](NC(=O)NCCN1CCOCC1)C2. The summed E-state index contributed by atoms with van der Waals surface area (Å²) in [5.41, 5.74) is 1.05. The van der Waals surface area contributed by atoms with Gasteiger partial charge in [0.1, 0.15) is 6.61 Å². The molecule has 0 radical (unpaired) electrons. The van der Waals surface area contributed by atoms with Crippen molar-refractivity contribution >= 4 is 6.03 Å². The first-order valence-electron chi connectivity index (χ1n) is 8.39. The third-order valence-electron chi connectivity index (χ3n) is 4.33. The van der Waals surface area contributed by atoms with E-state index in [9.17, 15) is 4.79 Å². The van der Waals surface area contributed by atoms with Gasteiger partial charge in [0, 0.05) is 31.7 Å². The van der Waals surface area contributed by atoms with Crippen molar-refractivity contribution in [1.29, 1.82) is 0 Å². The van der Waals surface area contributed by atoms with Crippen molar-refractivity contribution in [2.45, 2.75) is 12.5 Å². The number of urea groups is 1. The molecule has 1 fully saturated rings. The van der Waals surface area contributed by atoms with E-state index in [1.807, 2.05) is 18.2 Å². The first-order chi connectivity index (χ1) is 11.8. The molecule has 2 N–H and O–H groups in total. The molecule has 7 heteroatoms. The number of carbonyl (C=O) groups excluding carboxylic acids is 1. The summed E-state index contributed by atoms with van der Waals surface area (Å²) in [6.45, 7) is 5.33. The van der Waals surface area contributed by atoms with E-state index in [0.29, 0.717) is 13.2 Å². The van der Waals surface area contributed by atoms with Crippen LogP contribution in [0.4, 0.5) is 4.79 Å². The number of fused-ring (bicyclic) bond motifs is 1. The monoisotopic (exact) mass is 335 g/mol. The number of para-hydroxylation sites is 1. The van der Waals surface area contributed by atoms with E-state index >= 15 is 0 Å².